The Hall–Kier alpha value is -3.85. The maximum atomic E-state index is 13.9. The monoisotopic (exact) mass is 426 g/mol. The third-order valence-corrected chi connectivity index (χ3v) is 4.35. The van der Waals surface area contributed by atoms with E-state index >= 15 is 0 Å². The van der Waals surface area contributed by atoms with Gasteiger partial charge in [-0.25, -0.2) is 4.98 Å². The molecule has 0 aliphatic carbocycles. The average molecular weight is 427 g/mol. The molecule has 0 spiro atoms. The molecule has 1 aliphatic rings. The van der Waals surface area contributed by atoms with E-state index in [-0.39, 0.29) is 28.0 Å². The quantitative estimate of drug-likeness (QED) is 0.351. The summed E-state index contributed by atoms with van der Waals surface area (Å²) in [6.45, 7) is 0. The summed E-state index contributed by atoms with van der Waals surface area (Å²) in [5, 5.41) is 4.59. The molecule has 2 amide bonds. The minimum Gasteiger partial charge on any atom is -0.493 e. The summed E-state index contributed by atoms with van der Waals surface area (Å²) in [5.41, 5.74) is 1.03. The van der Waals surface area contributed by atoms with Crippen molar-refractivity contribution in [1.29, 1.82) is 0 Å². The van der Waals surface area contributed by atoms with Crippen LogP contribution in [0.5, 0.6) is 17.4 Å². The van der Waals surface area contributed by atoms with Crippen molar-refractivity contribution in [2.45, 2.75) is 0 Å². The molecule has 0 bridgehead atoms. The molecule has 3 aromatic rings. The predicted molar refractivity (Wildman–Crippen MR) is 105 cm³/mol. The lowest BCUT2D eigenvalue weighted by atomic mass is 10.1. The van der Waals surface area contributed by atoms with Crippen molar-refractivity contribution in [3.8, 4) is 17.4 Å². The second-order valence-electron chi connectivity index (χ2n) is 6.02. The molecular weight excluding hydrogens is 415 g/mol. The number of methoxy groups -OCH3 is 1. The number of benzene rings is 2. The van der Waals surface area contributed by atoms with Crippen molar-refractivity contribution >= 4 is 29.6 Å². The van der Waals surface area contributed by atoms with E-state index in [2.05, 4.69) is 15.1 Å². The maximum Gasteiger partial charge on any atom is 0.282 e. The molecule has 2 heterocycles. The Balaban J connectivity index is 1.62. The Bertz CT molecular complexity index is 1170. The Morgan fingerprint density at radius 3 is 2.47 bits per heavy atom. The highest BCUT2D eigenvalue weighted by atomic mass is 35.5. The summed E-state index contributed by atoms with van der Waals surface area (Å²) in [7, 11) is 1.41. The number of carbonyl (C=O) groups excluding carboxylic acids is 2. The van der Waals surface area contributed by atoms with Crippen LogP contribution < -0.4 is 9.47 Å². The summed E-state index contributed by atoms with van der Waals surface area (Å²) >= 11 is 5.69. The van der Waals surface area contributed by atoms with E-state index in [1.807, 2.05) is 0 Å². The van der Waals surface area contributed by atoms with E-state index in [1.54, 1.807) is 36.4 Å². The van der Waals surface area contributed by atoms with E-state index in [9.17, 15) is 14.0 Å². The average Bonchev–Trinajstić information content (AvgIpc) is 2.99. The predicted octanol–water partition coefficient (Wildman–Crippen LogP) is 3.70. The number of nitrogens with zero attached hydrogens (tertiary/aromatic N) is 4. The van der Waals surface area contributed by atoms with Gasteiger partial charge in [0.15, 0.2) is 11.5 Å². The van der Waals surface area contributed by atoms with Gasteiger partial charge in [-0.1, -0.05) is 12.1 Å². The minimum atomic E-state index is -0.813. The van der Waals surface area contributed by atoms with Gasteiger partial charge in [0.1, 0.15) is 0 Å². The van der Waals surface area contributed by atoms with Crippen molar-refractivity contribution in [2.24, 2.45) is 5.10 Å². The van der Waals surface area contributed by atoms with Crippen LogP contribution in [0.25, 0.3) is 0 Å². The number of imide groups is 1. The van der Waals surface area contributed by atoms with Gasteiger partial charge in [0, 0.05) is 0 Å². The van der Waals surface area contributed by atoms with Gasteiger partial charge in [-0.15, -0.1) is 0 Å². The number of amides is 2. The fourth-order valence-electron chi connectivity index (χ4n) is 2.77. The van der Waals surface area contributed by atoms with Crippen molar-refractivity contribution in [2.75, 3.05) is 7.11 Å². The van der Waals surface area contributed by atoms with Gasteiger partial charge in [0.2, 0.25) is 11.1 Å². The molecule has 0 atom stereocenters. The van der Waals surface area contributed by atoms with Gasteiger partial charge in [-0.3, -0.25) is 9.59 Å². The molecule has 4 rings (SSSR count). The molecule has 8 nitrogen and oxygen atoms in total. The number of rotatable bonds is 5. The largest absolute Gasteiger partial charge is 0.493 e. The van der Waals surface area contributed by atoms with Crippen molar-refractivity contribution in [3.63, 3.8) is 0 Å². The second-order valence-corrected chi connectivity index (χ2v) is 6.35. The van der Waals surface area contributed by atoms with E-state index < -0.39 is 17.6 Å². The van der Waals surface area contributed by atoms with Gasteiger partial charge < -0.3 is 9.47 Å². The summed E-state index contributed by atoms with van der Waals surface area (Å²) in [6.07, 6.45) is 2.18. The molecular formula is C20H12ClFN4O4. The first-order chi connectivity index (χ1) is 14.5. The number of aromatic nitrogens is 2. The fraction of sp³-hybridized carbons (Fsp3) is 0.0500. The van der Waals surface area contributed by atoms with Gasteiger partial charge in [-0.05, 0) is 47.5 Å². The lowest BCUT2D eigenvalue weighted by Gasteiger charge is -2.11. The highest BCUT2D eigenvalue weighted by Gasteiger charge is 2.35. The first-order valence-electron chi connectivity index (χ1n) is 8.53. The molecule has 0 N–H and O–H groups in total. The fourth-order valence-corrected chi connectivity index (χ4v) is 2.89. The third kappa shape index (κ3) is 3.58. The number of hydrogen-bond acceptors (Lipinski definition) is 7. The lowest BCUT2D eigenvalue weighted by Crippen LogP contribution is -2.23. The molecule has 0 fully saturated rings. The molecule has 0 saturated carbocycles. The summed E-state index contributed by atoms with van der Waals surface area (Å²) < 4.78 is 24.6. The van der Waals surface area contributed by atoms with Crippen LogP contribution in [0.3, 0.4) is 0 Å². The number of hydrogen-bond donors (Lipinski definition) is 0. The maximum absolute atomic E-state index is 13.9. The molecule has 10 heteroatoms. The van der Waals surface area contributed by atoms with E-state index in [0.29, 0.717) is 11.3 Å². The Labute approximate surface area is 174 Å². The van der Waals surface area contributed by atoms with E-state index in [4.69, 9.17) is 21.1 Å². The molecule has 0 unspecified atom stereocenters. The molecule has 30 heavy (non-hydrogen) atoms. The SMILES string of the molecule is COc1ccc(C=NN2C(=O)c3ccccc3C2=O)cc1Oc1nc(Cl)ncc1F. The summed E-state index contributed by atoms with van der Waals surface area (Å²) in [5.74, 6) is -1.82. The van der Waals surface area contributed by atoms with E-state index in [1.165, 1.54) is 19.4 Å². The van der Waals surface area contributed by atoms with Gasteiger partial charge >= 0.3 is 0 Å². The smallest absolute Gasteiger partial charge is 0.282 e. The molecule has 0 radical (unpaired) electrons. The van der Waals surface area contributed by atoms with Crippen molar-refractivity contribution < 1.29 is 23.5 Å². The zero-order chi connectivity index (χ0) is 21.3. The van der Waals surface area contributed by atoms with Gasteiger partial charge in [-0.2, -0.15) is 19.5 Å². The van der Waals surface area contributed by atoms with Crippen molar-refractivity contribution in [3.05, 3.63) is 76.5 Å². The number of ether oxygens (including phenoxy) is 2. The van der Waals surface area contributed by atoms with Crippen LogP contribution in [-0.4, -0.2) is 40.1 Å². The molecule has 150 valence electrons. The highest BCUT2D eigenvalue weighted by molar-refractivity contribution is 6.28. The zero-order valence-electron chi connectivity index (χ0n) is 15.4. The van der Waals surface area contributed by atoms with Crippen molar-refractivity contribution in [1.82, 2.24) is 15.0 Å². The Morgan fingerprint density at radius 2 is 1.80 bits per heavy atom. The number of halogens is 2. The lowest BCUT2D eigenvalue weighted by molar-refractivity contribution is 0.0660. The van der Waals surface area contributed by atoms with Crippen LogP contribution in [0.4, 0.5) is 4.39 Å². The molecule has 0 saturated heterocycles. The normalized spacial score (nSPS) is 13.1. The van der Waals surface area contributed by atoms with Crippen LogP contribution in [0.1, 0.15) is 26.3 Å². The standard InChI is InChI=1S/C20H12ClFN4O4/c1-29-15-7-6-11(8-16(15)30-17-14(22)10-23-20(21)25-17)9-24-26-18(27)12-4-2-3-5-13(12)19(26)28/h2-10H,1H3. The molecule has 2 aromatic carbocycles. The van der Waals surface area contributed by atoms with Gasteiger partial charge in [0.05, 0.1) is 30.6 Å². The first kappa shape index (κ1) is 19.5. The van der Waals surface area contributed by atoms with Crippen LogP contribution in [0, 0.1) is 5.82 Å². The summed E-state index contributed by atoms with van der Waals surface area (Å²) in [4.78, 5) is 32.0. The topological polar surface area (TPSA) is 94.0 Å². The van der Waals surface area contributed by atoms with E-state index in [0.717, 1.165) is 11.2 Å². The number of carbonyl (C=O) groups is 2. The van der Waals surface area contributed by atoms with Gasteiger partial charge in [0.25, 0.3) is 17.7 Å². The third-order valence-electron chi connectivity index (χ3n) is 4.17. The zero-order valence-corrected chi connectivity index (χ0v) is 16.1. The summed E-state index contributed by atoms with van der Waals surface area (Å²) in [6, 6.07) is 11.1. The van der Waals surface area contributed by atoms with Crippen LogP contribution in [0.2, 0.25) is 5.28 Å². The van der Waals surface area contributed by atoms with Crippen LogP contribution in [0.15, 0.2) is 53.8 Å². The van der Waals surface area contributed by atoms with Crippen LogP contribution in [-0.2, 0) is 0 Å². The first-order valence-corrected chi connectivity index (χ1v) is 8.91. The second kappa shape index (κ2) is 7.88. The van der Waals surface area contributed by atoms with Crippen LogP contribution >= 0.6 is 11.6 Å². The minimum absolute atomic E-state index is 0.123. The molecule has 1 aromatic heterocycles. The number of fused-ring (bicyclic) bond motifs is 1. The Morgan fingerprint density at radius 1 is 1.10 bits per heavy atom. The molecule has 1 aliphatic heterocycles. The highest BCUT2D eigenvalue weighted by Crippen LogP contribution is 2.32. The Kier molecular flexibility index (Phi) is 5.11. The number of hydrazone groups is 1.